The number of benzene rings is 2. The zero-order valence-electron chi connectivity index (χ0n) is 10.2. The van der Waals surface area contributed by atoms with Crippen LogP contribution in [0.4, 0.5) is 0 Å². The van der Waals surface area contributed by atoms with Gasteiger partial charge in [-0.15, -0.1) is 0 Å². The lowest BCUT2D eigenvalue weighted by atomic mass is 10.2. The molecule has 0 aliphatic carbocycles. The first-order valence-electron chi connectivity index (χ1n) is 5.78. The third-order valence-corrected chi connectivity index (χ3v) is 2.51. The van der Waals surface area contributed by atoms with Gasteiger partial charge in [-0.1, -0.05) is 24.3 Å². The summed E-state index contributed by atoms with van der Waals surface area (Å²) in [5.41, 5.74) is 2.17. The summed E-state index contributed by atoms with van der Waals surface area (Å²) >= 11 is 0. The Morgan fingerprint density at radius 1 is 1.11 bits per heavy atom. The highest BCUT2D eigenvalue weighted by atomic mass is 16.5. The molecule has 0 aliphatic rings. The molecule has 0 atom stereocenters. The molecule has 0 saturated heterocycles. The van der Waals surface area contributed by atoms with Gasteiger partial charge in [0.15, 0.2) is 0 Å². The lowest BCUT2D eigenvalue weighted by molar-refractivity contribution is -0.109. The maximum Gasteiger partial charge on any atom is 0.207 e. The van der Waals surface area contributed by atoms with Crippen molar-refractivity contribution in [2.24, 2.45) is 0 Å². The van der Waals surface area contributed by atoms with Crippen LogP contribution in [0.1, 0.15) is 11.1 Å². The second-order valence-corrected chi connectivity index (χ2v) is 4.06. The number of hydrogen-bond donors (Lipinski definition) is 1. The summed E-state index contributed by atoms with van der Waals surface area (Å²) in [7, 11) is 0. The van der Waals surface area contributed by atoms with Crippen LogP contribution in [-0.2, 0) is 11.3 Å². The van der Waals surface area contributed by atoms with Gasteiger partial charge in [0.25, 0.3) is 0 Å². The van der Waals surface area contributed by atoms with E-state index in [4.69, 9.17) is 4.74 Å². The van der Waals surface area contributed by atoms with Gasteiger partial charge in [-0.05, 0) is 42.3 Å². The first-order chi connectivity index (χ1) is 8.78. The third kappa shape index (κ3) is 3.35. The fourth-order valence-electron chi connectivity index (χ4n) is 1.69. The van der Waals surface area contributed by atoms with Crippen molar-refractivity contribution in [1.82, 2.24) is 5.32 Å². The SMILES string of the molecule is Cc1cccc(Oc2cccc(CNC=O)c2)c1. The van der Waals surface area contributed by atoms with Crippen LogP contribution in [0.2, 0.25) is 0 Å². The summed E-state index contributed by atoms with van der Waals surface area (Å²) in [6.45, 7) is 2.53. The average Bonchev–Trinajstić information content (AvgIpc) is 2.37. The molecule has 0 fully saturated rings. The van der Waals surface area contributed by atoms with Gasteiger partial charge in [-0.3, -0.25) is 4.79 Å². The van der Waals surface area contributed by atoms with E-state index in [9.17, 15) is 4.79 Å². The predicted molar refractivity (Wildman–Crippen MR) is 70.6 cm³/mol. The second-order valence-electron chi connectivity index (χ2n) is 4.06. The normalized spacial score (nSPS) is 9.83. The number of rotatable bonds is 5. The summed E-state index contributed by atoms with van der Waals surface area (Å²) < 4.78 is 5.76. The number of carbonyl (C=O) groups is 1. The highest BCUT2D eigenvalue weighted by Gasteiger charge is 1.99. The van der Waals surface area contributed by atoms with Crippen molar-refractivity contribution in [3.63, 3.8) is 0 Å². The van der Waals surface area contributed by atoms with E-state index >= 15 is 0 Å². The van der Waals surface area contributed by atoms with Gasteiger partial charge in [0, 0.05) is 6.54 Å². The zero-order valence-corrected chi connectivity index (χ0v) is 10.2. The molecule has 0 aromatic heterocycles. The molecule has 0 radical (unpaired) electrons. The molecule has 0 spiro atoms. The highest BCUT2D eigenvalue weighted by molar-refractivity contribution is 5.46. The lowest BCUT2D eigenvalue weighted by Crippen LogP contribution is -2.09. The molecular formula is C15H15NO2. The number of amides is 1. The van der Waals surface area contributed by atoms with Crippen LogP contribution < -0.4 is 10.1 Å². The van der Waals surface area contributed by atoms with E-state index < -0.39 is 0 Å². The smallest absolute Gasteiger partial charge is 0.207 e. The van der Waals surface area contributed by atoms with E-state index in [0.717, 1.165) is 22.6 Å². The van der Waals surface area contributed by atoms with E-state index in [-0.39, 0.29) is 0 Å². The lowest BCUT2D eigenvalue weighted by Gasteiger charge is -2.08. The summed E-state index contributed by atoms with van der Waals surface area (Å²) in [5.74, 6) is 1.58. The number of hydrogen-bond acceptors (Lipinski definition) is 2. The summed E-state index contributed by atoms with van der Waals surface area (Å²) in [5, 5.41) is 2.63. The Hall–Kier alpha value is -2.29. The van der Waals surface area contributed by atoms with Gasteiger partial charge >= 0.3 is 0 Å². The number of nitrogens with one attached hydrogen (secondary N) is 1. The molecular weight excluding hydrogens is 226 g/mol. The number of aryl methyl sites for hydroxylation is 1. The zero-order chi connectivity index (χ0) is 12.8. The van der Waals surface area contributed by atoms with Crippen LogP contribution in [-0.4, -0.2) is 6.41 Å². The van der Waals surface area contributed by atoms with Crippen molar-refractivity contribution < 1.29 is 9.53 Å². The fraction of sp³-hybridized carbons (Fsp3) is 0.133. The van der Waals surface area contributed by atoms with E-state index in [1.165, 1.54) is 0 Å². The van der Waals surface area contributed by atoms with Gasteiger partial charge in [-0.25, -0.2) is 0 Å². The third-order valence-electron chi connectivity index (χ3n) is 2.51. The van der Waals surface area contributed by atoms with Crippen LogP contribution in [0.25, 0.3) is 0 Å². The van der Waals surface area contributed by atoms with Crippen LogP contribution in [0.5, 0.6) is 11.5 Å². The second kappa shape index (κ2) is 5.87. The average molecular weight is 241 g/mol. The van der Waals surface area contributed by atoms with Crippen LogP contribution in [0.15, 0.2) is 48.5 Å². The van der Waals surface area contributed by atoms with Gasteiger partial charge < -0.3 is 10.1 Å². The van der Waals surface area contributed by atoms with Gasteiger partial charge in [0.2, 0.25) is 6.41 Å². The molecule has 2 aromatic rings. The fourth-order valence-corrected chi connectivity index (χ4v) is 1.69. The Kier molecular flexibility index (Phi) is 3.97. The molecule has 0 heterocycles. The minimum absolute atomic E-state index is 0.508. The van der Waals surface area contributed by atoms with Crippen LogP contribution >= 0.6 is 0 Å². The van der Waals surface area contributed by atoms with E-state index in [1.54, 1.807) is 0 Å². The monoisotopic (exact) mass is 241 g/mol. The first-order valence-corrected chi connectivity index (χ1v) is 5.78. The van der Waals surface area contributed by atoms with Gasteiger partial charge in [0.1, 0.15) is 11.5 Å². The topological polar surface area (TPSA) is 38.3 Å². The maximum atomic E-state index is 10.2. The van der Waals surface area contributed by atoms with Crippen LogP contribution in [0.3, 0.4) is 0 Å². The minimum Gasteiger partial charge on any atom is -0.457 e. The minimum atomic E-state index is 0.508. The summed E-state index contributed by atoms with van der Waals surface area (Å²) in [4.78, 5) is 10.2. The molecule has 1 amide bonds. The van der Waals surface area contributed by atoms with Crippen molar-refractivity contribution in [3.05, 3.63) is 59.7 Å². The molecule has 0 aliphatic heterocycles. The maximum absolute atomic E-state index is 10.2. The molecule has 0 saturated carbocycles. The summed E-state index contributed by atoms with van der Waals surface area (Å²) in [6, 6.07) is 15.6. The molecule has 92 valence electrons. The standard InChI is InChI=1S/C15H15NO2/c1-12-4-2-6-14(8-12)18-15-7-3-5-13(9-15)10-16-11-17/h2-9,11H,10H2,1H3,(H,16,17). The van der Waals surface area contributed by atoms with E-state index in [2.05, 4.69) is 5.32 Å². The van der Waals surface area contributed by atoms with Crippen molar-refractivity contribution in [2.75, 3.05) is 0 Å². The number of carbonyl (C=O) groups excluding carboxylic acids is 1. The Balaban J connectivity index is 2.11. The Morgan fingerprint density at radius 3 is 2.56 bits per heavy atom. The largest absolute Gasteiger partial charge is 0.457 e. The molecule has 1 N–H and O–H groups in total. The Bertz CT molecular complexity index is 538. The first kappa shape index (κ1) is 12.2. The Labute approximate surface area is 106 Å². The van der Waals surface area contributed by atoms with Crippen molar-refractivity contribution in [2.45, 2.75) is 13.5 Å². The summed E-state index contributed by atoms with van der Waals surface area (Å²) in [6.07, 6.45) is 0.689. The molecule has 18 heavy (non-hydrogen) atoms. The molecule has 2 aromatic carbocycles. The van der Waals surface area contributed by atoms with E-state index in [0.29, 0.717) is 13.0 Å². The van der Waals surface area contributed by atoms with Crippen molar-refractivity contribution >= 4 is 6.41 Å². The quantitative estimate of drug-likeness (QED) is 0.817. The molecule has 3 nitrogen and oxygen atoms in total. The molecule has 0 bridgehead atoms. The number of ether oxygens (including phenoxy) is 1. The van der Waals surface area contributed by atoms with Crippen molar-refractivity contribution in [3.8, 4) is 11.5 Å². The van der Waals surface area contributed by atoms with E-state index in [1.807, 2.05) is 55.5 Å². The predicted octanol–water partition coefficient (Wildman–Crippen LogP) is 3.03. The van der Waals surface area contributed by atoms with Gasteiger partial charge in [0.05, 0.1) is 0 Å². The Morgan fingerprint density at radius 2 is 1.83 bits per heavy atom. The van der Waals surface area contributed by atoms with Crippen molar-refractivity contribution in [1.29, 1.82) is 0 Å². The molecule has 0 unspecified atom stereocenters. The molecule has 2 rings (SSSR count). The highest BCUT2D eigenvalue weighted by Crippen LogP contribution is 2.22. The van der Waals surface area contributed by atoms with Gasteiger partial charge in [-0.2, -0.15) is 0 Å². The van der Waals surface area contributed by atoms with Crippen LogP contribution in [0, 0.1) is 6.92 Å². The molecule has 3 heteroatoms.